The molecular weight excluding hydrogens is 264 g/mol. The molecule has 0 saturated carbocycles. The summed E-state index contributed by atoms with van der Waals surface area (Å²) in [6, 6.07) is 8.29. The molecule has 0 amide bonds. The van der Waals surface area contributed by atoms with Crippen molar-refractivity contribution in [3.8, 4) is 5.75 Å². The molecule has 0 unspecified atom stereocenters. The minimum atomic E-state index is 0.305. The molecule has 1 heterocycles. The highest BCUT2D eigenvalue weighted by atomic mass is 16.5. The monoisotopic (exact) mass is 290 g/mol. The zero-order valence-corrected chi connectivity index (χ0v) is 13.2. The second-order valence-corrected chi connectivity index (χ2v) is 5.69. The van der Waals surface area contributed by atoms with Crippen molar-refractivity contribution in [2.75, 3.05) is 44.7 Å². The van der Waals surface area contributed by atoms with E-state index in [1.807, 2.05) is 12.1 Å². The van der Waals surface area contributed by atoms with Gasteiger partial charge in [0.05, 0.1) is 7.11 Å². The quantitative estimate of drug-likeness (QED) is 0.723. The second-order valence-electron chi connectivity index (χ2n) is 5.69. The lowest BCUT2D eigenvalue weighted by atomic mass is 10.1. The number of ketones is 1. The molecule has 0 atom stereocenters. The summed E-state index contributed by atoms with van der Waals surface area (Å²) in [5.41, 5.74) is 1.27. The minimum absolute atomic E-state index is 0.305. The van der Waals surface area contributed by atoms with E-state index in [-0.39, 0.29) is 0 Å². The summed E-state index contributed by atoms with van der Waals surface area (Å²) in [7, 11) is 1.69. The Balaban J connectivity index is 1.71. The third kappa shape index (κ3) is 5.05. The van der Waals surface area contributed by atoms with Crippen LogP contribution in [0.5, 0.6) is 5.75 Å². The van der Waals surface area contributed by atoms with Gasteiger partial charge in [0.1, 0.15) is 11.5 Å². The molecule has 116 valence electrons. The molecule has 1 saturated heterocycles. The van der Waals surface area contributed by atoms with Crippen LogP contribution in [0.3, 0.4) is 0 Å². The fourth-order valence-corrected chi connectivity index (χ4v) is 2.73. The van der Waals surface area contributed by atoms with Gasteiger partial charge in [-0.1, -0.05) is 0 Å². The lowest BCUT2D eigenvalue weighted by molar-refractivity contribution is -0.117. The van der Waals surface area contributed by atoms with Gasteiger partial charge in [0, 0.05) is 38.3 Å². The smallest absolute Gasteiger partial charge is 0.129 e. The van der Waals surface area contributed by atoms with Crippen molar-refractivity contribution >= 4 is 11.5 Å². The molecule has 0 aliphatic carbocycles. The Morgan fingerprint density at radius 2 is 1.76 bits per heavy atom. The largest absolute Gasteiger partial charge is 0.497 e. The Hall–Kier alpha value is -1.55. The highest BCUT2D eigenvalue weighted by Crippen LogP contribution is 2.20. The third-order valence-electron chi connectivity index (χ3n) is 4.06. The van der Waals surface area contributed by atoms with Gasteiger partial charge in [-0.05, 0) is 50.6 Å². The molecular formula is C17H26N2O2. The van der Waals surface area contributed by atoms with E-state index in [0.717, 1.165) is 57.7 Å². The zero-order chi connectivity index (χ0) is 15.1. The number of carbonyl (C=O) groups is 1. The first-order valence-corrected chi connectivity index (χ1v) is 7.80. The topological polar surface area (TPSA) is 32.8 Å². The van der Waals surface area contributed by atoms with E-state index in [1.54, 1.807) is 14.0 Å². The molecule has 1 aliphatic heterocycles. The van der Waals surface area contributed by atoms with Crippen molar-refractivity contribution in [1.82, 2.24) is 4.90 Å². The summed E-state index contributed by atoms with van der Waals surface area (Å²) in [6.45, 7) is 7.13. The Kier molecular flexibility index (Phi) is 6.05. The summed E-state index contributed by atoms with van der Waals surface area (Å²) in [5.74, 6) is 1.21. The van der Waals surface area contributed by atoms with Gasteiger partial charge in [-0.15, -0.1) is 0 Å². The maximum absolute atomic E-state index is 10.9. The van der Waals surface area contributed by atoms with Crippen molar-refractivity contribution < 1.29 is 9.53 Å². The summed E-state index contributed by atoms with van der Waals surface area (Å²) in [4.78, 5) is 15.8. The highest BCUT2D eigenvalue weighted by molar-refractivity contribution is 5.75. The van der Waals surface area contributed by atoms with Crippen molar-refractivity contribution in [3.05, 3.63) is 24.3 Å². The van der Waals surface area contributed by atoms with E-state index in [1.165, 1.54) is 5.69 Å². The van der Waals surface area contributed by atoms with Crippen LogP contribution in [0.15, 0.2) is 24.3 Å². The van der Waals surface area contributed by atoms with Crippen LogP contribution in [0.2, 0.25) is 0 Å². The highest BCUT2D eigenvalue weighted by Gasteiger charge is 2.16. The maximum Gasteiger partial charge on any atom is 0.129 e. The maximum atomic E-state index is 10.9. The van der Waals surface area contributed by atoms with Crippen molar-refractivity contribution in [2.45, 2.75) is 26.2 Å². The number of rotatable bonds is 7. The molecule has 0 radical (unpaired) electrons. The number of hydrogen-bond donors (Lipinski definition) is 0. The Labute approximate surface area is 127 Å². The first-order chi connectivity index (χ1) is 10.2. The number of piperazine rings is 1. The number of unbranched alkanes of at least 4 members (excludes halogenated alkanes) is 1. The van der Waals surface area contributed by atoms with Crippen LogP contribution in [0.25, 0.3) is 0 Å². The second kappa shape index (κ2) is 8.03. The lowest BCUT2D eigenvalue weighted by Gasteiger charge is -2.36. The minimum Gasteiger partial charge on any atom is -0.497 e. The Bertz CT molecular complexity index is 437. The molecule has 1 aromatic rings. The number of ether oxygens (including phenoxy) is 1. The number of methoxy groups -OCH3 is 1. The summed E-state index contributed by atoms with van der Waals surface area (Å²) in [5, 5.41) is 0. The average molecular weight is 290 g/mol. The molecule has 1 aliphatic rings. The van der Waals surface area contributed by atoms with Crippen LogP contribution in [0.1, 0.15) is 26.2 Å². The van der Waals surface area contributed by atoms with Gasteiger partial charge in [0.2, 0.25) is 0 Å². The molecule has 1 fully saturated rings. The van der Waals surface area contributed by atoms with E-state index < -0.39 is 0 Å². The van der Waals surface area contributed by atoms with Gasteiger partial charge in [0.25, 0.3) is 0 Å². The van der Waals surface area contributed by atoms with Gasteiger partial charge < -0.3 is 14.4 Å². The molecule has 0 bridgehead atoms. The summed E-state index contributed by atoms with van der Waals surface area (Å²) >= 11 is 0. The van der Waals surface area contributed by atoms with Crippen molar-refractivity contribution in [1.29, 1.82) is 0 Å². The van der Waals surface area contributed by atoms with Crippen LogP contribution in [-0.4, -0.2) is 50.5 Å². The molecule has 4 heteroatoms. The average Bonchev–Trinajstić information content (AvgIpc) is 2.52. The number of benzene rings is 1. The van der Waals surface area contributed by atoms with E-state index >= 15 is 0 Å². The van der Waals surface area contributed by atoms with Crippen molar-refractivity contribution in [2.24, 2.45) is 0 Å². The van der Waals surface area contributed by atoms with E-state index in [4.69, 9.17) is 4.74 Å². The van der Waals surface area contributed by atoms with Crippen LogP contribution >= 0.6 is 0 Å². The fraction of sp³-hybridized carbons (Fsp3) is 0.588. The van der Waals surface area contributed by atoms with Gasteiger partial charge in [-0.3, -0.25) is 4.90 Å². The Morgan fingerprint density at radius 3 is 2.33 bits per heavy atom. The van der Waals surface area contributed by atoms with Gasteiger partial charge >= 0.3 is 0 Å². The van der Waals surface area contributed by atoms with Gasteiger partial charge in [-0.2, -0.15) is 0 Å². The molecule has 0 N–H and O–H groups in total. The number of anilines is 1. The lowest BCUT2D eigenvalue weighted by Crippen LogP contribution is -2.46. The van der Waals surface area contributed by atoms with Gasteiger partial charge in [-0.25, -0.2) is 0 Å². The first-order valence-electron chi connectivity index (χ1n) is 7.80. The summed E-state index contributed by atoms with van der Waals surface area (Å²) in [6.07, 6.45) is 2.88. The predicted molar refractivity (Wildman–Crippen MR) is 86.2 cm³/mol. The number of hydrogen-bond acceptors (Lipinski definition) is 4. The standard InChI is InChI=1S/C17H26N2O2/c1-15(20)5-3-4-10-18-11-13-19(14-12-18)16-6-8-17(21-2)9-7-16/h6-9H,3-5,10-14H2,1-2H3. The zero-order valence-electron chi connectivity index (χ0n) is 13.2. The SMILES string of the molecule is COc1ccc(N2CCN(CCCCC(C)=O)CC2)cc1. The normalized spacial score (nSPS) is 16.0. The van der Waals surface area contributed by atoms with Crippen LogP contribution < -0.4 is 9.64 Å². The predicted octanol–water partition coefficient (Wildman–Crippen LogP) is 2.58. The first kappa shape index (κ1) is 15.8. The van der Waals surface area contributed by atoms with Crippen LogP contribution in [-0.2, 0) is 4.79 Å². The molecule has 1 aromatic carbocycles. The van der Waals surface area contributed by atoms with Crippen molar-refractivity contribution in [3.63, 3.8) is 0 Å². The number of Topliss-reactive ketones (excluding diaryl/α,β-unsaturated/α-hetero) is 1. The number of nitrogens with zero attached hydrogens (tertiary/aromatic N) is 2. The van der Waals surface area contributed by atoms with E-state index in [0.29, 0.717) is 5.78 Å². The fourth-order valence-electron chi connectivity index (χ4n) is 2.73. The summed E-state index contributed by atoms with van der Waals surface area (Å²) < 4.78 is 5.19. The molecule has 0 spiro atoms. The molecule has 2 rings (SSSR count). The van der Waals surface area contributed by atoms with E-state index in [9.17, 15) is 4.79 Å². The molecule has 4 nitrogen and oxygen atoms in total. The third-order valence-corrected chi connectivity index (χ3v) is 4.06. The van der Waals surface area contributed by atoms with Crippen LogP contribution in [0, 0.1) is 0 Å². The molecule has 0 aromatic heterocycles. The molecule has 21 heavy (non-hydrogen) atoms. The van der Waals surface area contributed by atoms with Crippen LogP contribution in [0.4, 0.5) is 5.69 Å². The Morgan fingerprint density at radius 1 is 1.10 bits per heavy atom. The van der Waals surface area contributed by atoms with Gasteiger partial charge in [0.15, 0.2) is 0 Å². The van der Waals surface area contributed by atoms with E-state index in [2.05, 4.69) is 21.9 Å². The number of carbonyl (C=O) groups excluding carboxylic acids is 1.